The Morgan fingerprint density at radius 2 is 1.94 bits per heavy atom. The molecule has 0 radical (unpaired) electrons. The van der Waals surface area contributed by atoms with Gasteiger partial charge in [-0.2, -0.15) is 15.4 Å². The molecule has 1 spiro atoms. The van der Waals surface area contributed by atoms with E-state index >= 15 is 0 Å². The van der Waals surface area contributed by atoms with Gasteiger partial charge in [0.25, 0.3) is 5.91 Å². The summed E-state index contributed by atoms with van der Waals surface area (Å²) < 4.78 is 11.3. The topological polar surface area (TPSA) is 80.3 Å². The van der Waals surface area contributed by atoms with Gasteiger partial charge in [-0.1, -0.05) is 0 Å². The molecule has 3 heterocycles. The fourth-order valence-electron chi connectivity index (χ4n) is 2.47. The van der Waals surface area contributed by atoms with Crippen LogP contribution in [0.5, 0.6) is 0 Å². The van der Waals surface area contributed by atoms with Gasteiger partial charge < -0.3 is 14.4 Å². The van der Waals surface area contributed by atoms with Gasteiger partial charge in [0.1, 0.15) is 0 Å². The lowest BCUT2D eigenvalue weighted by Crippen LogP contribution is -2.47. The summed E-state index contributed by atoms with van der Waals surface area (Å²) in [4.78, 5) is 14.0. The standard InChI is InChI=1S/C11H16N4O3/c1-8-9(13-14-12-8)10(16)15-4-2-11(3-5-15)17-6-7-18-11/h2-7H2,1H3,(H,12,13,14). The molecule has 0 saturated carbocycles. The lowest BCUT2D eigenvalue weighted by atomic mass is 10.0. The zero-order chi connectivity index (χ0) is 12.6. The van der Waals surface area contributed by atoms with Crippen molar-refractivity contribution in [3.05, 3.63) is 11.4 Å². The molecule has 1 aromatic rings. The third-order valence-corrected chi connectivity index (χ3v) is 3.55. The quantitative estimate of drug-likeness (QED) is 0.766. The molecule has 0 aromatic carbocycles. The predicted molar refractivity (Wildman–Crippen MR) is 60.9 cm³/mol. The molecule has 1 aromatic heterocycles. The van der Waals surface area contributed by atoms with Gasteiger partial charge in [0, 0.05) is 25.9 Å². The van der Waals surface area contributed by atoms with Crippen LogP contribution in [-0.2, 0) is 9.47 Å². The molecular weight excluding hydrogens is 236 g/mol. The second-order valence-electron chi connectivity index (χ2n) is 4.66. The SMILES string of the molecule is Cc1n[nH]nc1C(=O)N1CCC2(CC1)OCCO2. The average Bonchev–Trinajstić information content (AvgIpc) is 2.99. The molecule has 0 unspecified atom stereocenters. The zero-order valence-electron chi connectivity index (χ0n) is 10.3. The van der Waals surface area contributed by atoms with Crippen LogP contribution in [0.4, 0.5) is 0 Å². The van der Waals surface area contributed by atoms with E-state index in [0.717, 1.165) is 12.8 Å². The van der Waals surface area contributed by atoms with Gasteiger partial charge in [-0.25, -0.2) is 0 Å². The van der Waals surface area contributed by atoms with Crippen LogP contribution in [0, 0.1) is 6.92 Å². The summed E-state index contributed by atoms with van der Waals surface area (Å²) in [6.45, 7) is 4.33. The first-order valence-corrected chi connectivity index (χ1v) is 6.15. The molecule has 98 valence electrons. The van der Waals surface area contributed by atoms with E-state index in [9.17, 15) is 4.79 Å². The van der Waals surface area contributed by atoms with Crippen molar-refractivity contribution in [2.24, 2.45) is 0 Å². The maximum atomic E-state index is 12.2. The number of aryl methyl sites for hydroxylation is 1. The van der Waals surface area contributed by atoms with Crippen molar-refractivity contribution < 1.29 is 14.3 Å². The molecule has 7 nitrogen and oxygen atoms in total. The minimum Gasteiger partial charge on any atom is -0.347 e. The molecule has 3 rings (SSSR count). The summed E-state index contributed by atoms with van der Waals surface area (Å²) in [7, 11) is 0. The lowest BCUT2D eigenvalue weighted by Gasteiger charge is -2.37. The van der Waals surface area contributed by atoms with E-state index in [2.05, 4.69) is 15.4 Å². The van der Waals surface area contributed by atoms with E-state index in [4.69, 9.17) is 9.47 Å². The third kappa shape index (κ3) is 1.89. The number of rotatable bonds is 1. The molecule has 0 aliphatic carbocycles. The Labute approximate surface area is 104 Å². The Morgan fingerprint density at radius 3 is 2.50 bits per heavy atom. The highest BCUT2D eigenvalue weighted by Gasteiger charge is 2.41. The number of piperidine rings is 1. The van der Waals surface area contributed by atoms with Gasteiger partial charge >= 0.3 is 0 Å². The largest absolute Gasteiger partial charge is 0.347 e. The van der Waals surface area contributed by atoms with E-state index in [-0.39, 0.29) is 5.91 Å². The number of nitrogens with zero attached hydrogens (tertiary/aromatic N) is 3. The van der Waals surface area contributed by atoms with Crippen LogP contribution >= 0.6 is 0 Å². The first-order chi connectivity index (χ1) is 8.70. The van der Waals surface area contributed by atoms with Gasteiger partial charge in [-0.3, -0.25) is 4.79 Å². The third-order valence-electron chi connectivity index (χ3n) is 3.55. The van der Waals surface area contributed by atoms with Crippen molar-refractivity contribution in [3.63, 3.8) is 0 Å². The second kappa shape index (κ2) is 4.33. The molecule has 2 saturated heterocycles. The van der Waals surface area contributed by atoms with Crippen molar-refractivity contribution in [1.29, 1.82) is 0 Å². The number of aromatic amines is 1. The van der Waals surface area contributed by atoms with Crippen LogP contribution in [-0.4, -0.2) is 58.3 Å². The molecule has 0 bridgehead atoms. The molecule has 2 fully saturated rings. The van der Waals surface area contributed by atoms with E-state index in [1.54, 1.807) is 11.8 Å². The maximum Gasteiger partial charge on any atom is 0.276 e. The maximum absolute atomic E-state index is 12.2. The lowest BCUT2D eigenvalue weighted by molar-refractivity contribution is -0.181. The average molecular weight is 252 g/mol. The van der Waals surface area contributed by atoms with Crippen LogP contribution in [0.1, 0.15) is 29.0 Å². The van der Waals surface area contributed by atoms with Crippen molar-refractivity contribution in [2.45, 2.75) is 25.6 Å². The number of H-pyrrole nitrogens is 1. The van der Waals surface area contributed by atoms with Crippen LogP contribution in [0.3, 0.4) is 0 Å². The molecule has 18 heavy (non-hydrogen) atoms. The highest BCUT2D eigenvalue weighted by molar-refractivity contribution is 5.93. The first kappa shape index (κ1) is 11.6. The van der Waals surface area contributed by atoms with Gasteiger partial charge in [0.05, 0.1) is 18.9 Å². The number of nitrogens with one attached hydrogen (secondary N) is 1. The number of likely N-dealkylation sites (tertiary alicyclic amines) is 1. The zero-order valence-corrected chi connectivity index (χ0v) is 10.3. The molecule has 7 heteroatoms. The number of carbonyl (C=O) groups excluding carboxylic acids is 1. The Morgan fingerprint density at radius 1 is 1.28 bits per heavy atom. The van der Waals surface area contributed by atoms with Crippen LogP contribution in [0.2, 0.25) is 0 Å². The highest BCUT2D eigenvalue weighted by Crippen LogP contribution is 2.31. The van der Waals surface area contributed by atoms with E-state index in [1.807, 2.05) is 0 Å². The van der Waals surface area contributed by atoms with E-state index in [0.29, 0.717) is 37.7 Å². The minimum absolute atomic E-state index is 0.0749. The number of ether oxygens (including phenoxy) is 2. The summed E-state index contributed by atoms with van der Waals surface area (Å²) in [6.07, 6.45) is 1.44. The van der Waals surface area contributed by atoms with Crippen molar-refractivity contribution in [1.82, 2.24) is 20.3 Å². The summed E-state index contributed by atoms with van der Waals surface area (Å²) >= 11 is 0. The van der Waals surface area contributed by atoms with Gasteiger partial charge in [0.2, 0.25) is 0 Å². The van der Waals surface area contributed by atoms with Crippen molar-refractivity contribution >= 4 is 5.91 Å². The van der Waals surface area contributed by atoms with Crippen LogP contribution in [0.25, 0.3) is 0 Å². The smallest absolute Gasteiger partial charge is 0.276 e. The van der Waals surface area contributed by atoms with Crippen LogP contribution in [0.15, 0.2) is 0 Å². The van der Waals surface area contributed by atoms with Gasteiger partial charge in [-0.15, -0.1) is 0 Å². The van der Waals surface area contributed by atoms with Gasteiger partial charge in [-0.05, 0) is 6.92 Å². The van der Waals surface area contributed by atoms with E-state index < -0.39 is 5.79 Å². The first-order valence-electron chi connectivity index (χ1n) is 6.15. The van der Waals surface area contributed by atoms with E-state index in [1.165, 1.54) is 0 Å². The number of carbonyl (C=O) groups is 1. The number of hydrogen-bond donors (Lipinski definition) is 1. The fourth-order valence-corrected chi connectivity index (χ4v) is 2.47. The molecule has 1 amide bonds. The van der Waals surface area contributed by atoms with Crippen molar-refractivity contribution in [2.75, 3.05) is 26.3 Å². The number of amides is 1. The molecule has 1 N–H and O–H groups in total. The van der Waals surface area contributed by atoms with Gasteiger partial charge in [0.15, 0.2) is 11.5 Å². The molecular formula is C11H16N4O3. The van der Waals surface area contributed by atoms with Crippen LogP contribution < -0.4 is 0 Å². The normalized spacial score (nSPS) is 22.6. The summed E-state index contributed by atoms with van der Waals surface area (Å²) in [5.74, 6) is -0.524. The van der Waals surface area contributed by atoms with Crippen molar-refractivity contribution in [3.8, 4) is 0 Å². The highest BCUT2D eigenvalue weighted by atomic mass is 16.7. The Hall–Kier alpha value is -1.47. The minimum atomic E-state index is -0.449. The Bertz CT molecular complexity index is 443. The number of hydrogen-bond acceptors (Lipinski definition) is 5. The Kier molecular flexibility index (Phi) is 2.79. The Balaban J connectivity index is 1.66. The molecule has 0 atom stereocenters. The summed E-state index contributed by atoms with van der Waals surface area (Å²) in [5, 5.41) is 10.2. The summed E-state index contributed by atoms with van der Waals surface area (Å²) in [6, 6.07) is 0. The summed E-state index contributed by atoms with van der Waals surface area (Å²) in [5.41, 5.74) is 1.04. The molecule has 2 aliphatic rings. The second-order valence-corrected chi connectivity index (χ2v) is 4.66. The monoisotopic (exact) mass is 252 g/mol. The predicted octanol–water partition coefficient (Wildman–Crippen LogP) is 0.0922. The molecule has 2 aliphatic heterocycles. The fraction of sp³-hybridized carbons (Fsp3) is 0.727. The number of aromatic nitrogens is 3.